The minimum atomic E-state index is -0.249. The molecule has 0 saturated carbocycles. The monoisotopic (exact) mass is 308 g/mol. The van der Waals surface area contributed by atoms with Crippen LogP contribution in [0.3, 0.4) is 0 Å². The van der Waals surface area contributed by atoms with Crippen LogP contribution >= 0.6 is 0 Å². The SMILES string of the molecule is CC(C)=CCO[C@@H]1COCC[C@H]1NC(=O)c1oc(C)nc1C. The second-order valence-electron chi connectivity index (χ2n) is 5.74. The lowest BCUT2D eigenvalue weighted by atomic mass is 10.1. The number of carbonyl (C=O) groups excluding carboxylic acids is 1. The molecular formula is C16H24N2O4. The topological polar surface area (TPSA) is 73.6 Å². The Bertz CT molecular complexity index is 546. The third kappa shape index (κ3) is 4.42. The van der Waals surface area contributed by atoms with Crippen LogP contribution in [-0.4, -0.2) is 42.9 Å². The summed E-state index contributed by atoms with van der Waals surface area (Å²) in [6.07, 6.45) is 2.58. The van der Waals surface area contributed by atoms with Gasteiger partial charge >= 0.3 is 0 Å². The second kappa shape index (κ2) is 7.56. The Morgan fingerprint density at radius 3 is 2.86 bits per heavy atom. The van der Waals surface area contributed by atoms with E-state index in [1.165, 1.54) is 5.57 Å². The first-order valence-electron chi connectivity index (χ1n) is 7.55. The van der Waals surface area contributed by atoms with Gasteiger partial charge in [0.2, 0.25) is 5.76 Å². The number of nitrogens with one attached hydrogen (secondary N) is 1. The van der Waals surface area contributed by atoms with E-state index in [-0.39, 0.29) is 23.8 Å². The number of carbonyl (C=O) groups is 1. The third-order valence-corrected chi connectivity index (χ3v) is 3.53. The fourth-order valence-corrected chi connectivity index (χ4v) is 2.36. The van der Waals surface area contributed by atoms with Gasteiger partial charge in [0, 0.05) is 13.5 Å². The second-order valence-corrected chi connectivity index (χ2v) is 5.74. The molecule has 1 aliphatic rings. The molecule has 1 fully saturated rings. The van der Waals surface area contributed by atoms with Crippen LogP contribution in [0.25, 0.3) is 0 Å². The van der Waals surface area contributed by atoms with Crippen molar-refractivity contribution < 1.29 is 18.7 Å². The standard InChI is InChI=1S/C16H24N2O4/c1-10(2)5-8-21-14-9-20-7-6-13(14)18-16(19)15-11(3)17-12(4)22-15/h5,13-14H,6-9H2,1-4H3,(H,18,19)/t13-,14-/m1/s1. The van der Waals surface area contributed by atoms with E-state index in [1.807, 2.05) is 19.9 Å². The van der Waals surface area contributed by atoms with Crippen LogP contribution in [-0.2, 0) is 9.47 Å². The molecule has 1 saturated heterocycles. The van der Waals surface area contributed by atoms with Crippen LogP contribution < -0.4 is 5.32 Å². The summed E-state index contributed by atoms with van der Waals surface area (Å²) >= 11 is 0. The van der Waals surface area contributed by atoms with Crippen LogP contribution in [0.4, 0.5) is 0 Å². The number of aryl methyl sites for hydroxylation is 2. The molecule has 1 N–H and O–H groups in total. The zero-order chi connectivity index (χ0) is 16.1. The molecule has 2 rings (SSSR count). The van der Waals surface area contributed by atoms with Crippen LogP contribution in [0.1, 0.15) is 42.4 Å². The van der Waals surface area contributed by atoms with E-state index in [1.54, 1.807) is 13.8 Å². The highest BCUT2D eigenvalue weighted by molar-refractivity contribution is 5.92. The van der Waals surface area contributed by atoms with Crippen LogP contribution in [0.15, 0.2) is 16.1 Å². The van der Waals surface area contributed by atoms with Gasteiger partial charge in [0.25, 0.3) is 5.91 Å². The molecule has 2 atom stereocenters. The summed E-state index contributed by atoms with van der Waals surface area (Å²) < 4.78 is 16.6. The van der Waals surface area contributed by atoms with E-state index in [0.29, 0.717) is 31.4 Å². The average molecular weight is 308 g/mol. The van der Waals surface area contributed by atoms with Gasteiger partial charge in [-0.15, -0.1) is 0 Å². The van der Waals surface area contributed by atoms with Crippen molar-refractivity contribution in [3.8, 4) is 0 Å². The number of ether oxygens (including phenoxy) is 2. The Balaban J connectivity index is 1.97. The zero-order valence-corrected chi connectivity index (χ0v) is 13.6. The quantitative estimate of drug-likeness (QED) is 0.844. The number of aromatic nitrogens is 1. The van der Waals surface area contributed by atoms with Gasteiger partial charge in [-0.1, -0.05) is 11.6 Å². The minimum Gasteiger partial charge on any atom is -0.436 e. The first-order chi connectivity index (χ1) is 10.5. The maximum absolute atomic E-state index is 12.3. The summed E-state index contributed by atoms with van der Waals surface area (Å²) in [6, 6.07) is -0.0865. The Morgan fingerprint density at radius 1 is 1.45 bits per heavy atom. The van der Waals surface area contributed by atoms with Crippen molar-refractivity contribution in [2.45, 2.75) is 46.3 Å². The normalized spacial score (nSPS) is 21.5. The lowest BCUT2D eigenvalue weighted by Gasteiger charge is -2.31. The number of hydrogen-bond donors (Lipinski definition) is 1. The van der Waals surface area contributed by atoms with E-state index in [0.717, 1.165) is 6.42 Å². The summed E-state index contributed by atoms with van der Waals surface area (Å²) in [5.74, 6) is 0.513. The van der Waals surface area contributed by atoms with Gasteiger partial charge in [-0.25, -0.2) is 4.98 Å². The predicted octanol–water partition coefficient (Wildman–Crippen LogP) is 2.16. The summed E-state index contributed by atoms with van der Waals surface area (Å²) in [6.45, 7) is 9.15. The predicted molar refractivity (Wildman–Crippen MR) is 81.8 cm³/mol. The third-order valence-electron chi connectivity index (χ3n) is 3.53. The van der Waals surface area contributed by atoms with E-state index in [9.17, 15) is 4.79 Å². The van der Waals surface area contributed by atoms with Gasteiger partial charge in [-0.3, -0.25) is 4.79 Å². The Kier molecular flexibility index (Phi) is 5.74. The zero-order valence-electron chi connectivity index (χ0n) is 13.6. The molecule has 1 amide bonds. The Hall–Kier alpha value is -1.66. The number of amides is 1. The highest BCUT2D eigenvalue weighted by Crippen LogP contribution is 2.15. The van der Waals surface area contributed by atoms with Gasteiger partial charge in [-0.05, 0) is 27.2 Å². The molecule has 0 spiro atoms. The molecule has 0 aromatic carbocycles. The first-order valence-corrected chi connectivity index (χ1v) is 7.55. The maximum atomic E-state index is 12.3. The van der Waals surface area contributed by atoms with Crippen molar-refractivity contribution in [2.75, 3.05) is 19.8 Å². The molecule has 1 aromatic heterocycles. The first kappa shape index (κ1) is 16.7. The molecule has 0 bridgehead atoms. The molecule has 0 aliphatic carbocycles. The summed E-state index contributed by atoms with van der Waals surface area (Å²) in [5, 5.41) is 2.98. The molecule has 22 heavy (non-hydrogen) atoms. The summed E-state index contributed by atoms with van der Waals surface area (Å²) in [7, 11) is 0. The number of hydrogen-bond acceptors (Lipinski definition) is 5. The molecule has 6 nitrogen and oxygen atoms in total. The van der Waals surface area contributed by atoms with Crippen molar-refractivity contribution >= 4 is 5.91 Å². The van der Waals surface area contributed by atoms with Crippen LogP contribution in [0.5, 0.6) is 0 Å². The molecule has 122 valence electrons. The van der Waals surface area contributed by atoms with E-state index in [4.69, 9.17) is 13.9 Å². The molecular weight excluding hydrogens is 284 g/mol. The number of nitrogens with zero attached hydrogens (tertiary/aromatic N) is 1. The molecule has 6 heteroatoms. The average Bonchev–Trinajstić information content (AvgIpc) is 2.79. The lowest BCUT2D eigenvalue weighted by molar-refractivity contribution is -0.0590. The number of oxazole rings is 1. The van der Waals surface area contributed by atoms with Crippen molar-refractivity contribution in [3.63, 3.8) is 0 Å². The van der Waals surface area contributed by atoms with Crippen molar-refractivity contribution in [3.05, 3.63) is 29.0 Å². The van der Waals surface area contributed by atoms with Gasteiger partial charge < -0.3 is 19.2 Å². The van der Waals surface area contributed by atoms with Gasteiger partial charge in [0.05, 0.1) is 24.9 Å². The highest BCUT2D eigenvalue weighted by Gasteiger charge is 2.29. The minimum absolute atomic E-state index is 0.0865. The van der Waals surface area contributed by atoms with Crippen LogP contribution in [0, 0.1) is 13.8 Å². The molecule has 2 heterocycles. The Morgan fingerprint density at radius 2 is 2.23 bits per heavy atom. The maximum Gasteiger partial charge on any atom is 0.289 e. The van der Waals surface area contributed by atoms with E-state index < -0.39 is 0 Å². The smallest absolute Gasteiger partial charge is 0.289 e. The Labute approximate surface area is 130 Å². The fraction of sp³-hybridized carbons (Fsp3) is 0.625. The lowest BCUT2D eigenvalue weighted by Crippen LogP contribution is -2.50. The highest BCUT2D eigenvalue weighted by atomic mass is 16.5. The number of rotatable bonds is 5. The number of allylic oxidation sites excluding steroid dienone is 1. The summed E-state index contributed by atoms with van der Waals surface area (Å²) in [5.41, 5.74) is 1.80. The van der Waals surface area contributed by atoms with E-state index >= 15 is 0 Å². The molecule has 1 aliphatic heterocycles. The van der Waals surface area contributed by atoms with Crippen molar-refractivity contribution in [1.29, 1.82) is 0 Å². The molecule has 1 aromatic rings. The molecule has 0 unspecified atom stereocenters. The van der Waals surface area contributed by atoms with Gasteiger partial charge in [0.15, 0.2) is 5.89 Å². The fourth-order valence-electron chi connectivity index (χ4n) is 2.36. The van der Waals surface area contributed by atoms with Gasteiger partial charge in [-0.2, -0.15) is 0 Å². The van der Waals surface area contributed by atoms with Crippen molar-refractivity contribution in [1.82, 2.24) is 10.3 Å². The van der Waals surface area contributed by atoms with Gasteiger partial charge in [0.1, 0.15) is 6.10 Å². The van der Waals surface area contributed by atoms with E-state index in [2.05, 4.69) is 10.3 Å². The summed E-state index contributed by atoms with van der Waals surface area (Å²) in [4.78, 5) is 16.4. The largest absolute Gasteiger partial charge is 0.436 e. The van der Waals surface area contributed by atoms with Crippen molar-refractivity contribution in [2.24, 2.45) is 0 Å². The molecule has 0 radical (unpaired) electrons. The van der Waals surface area contributed by atoms with Crippen LogP contribution in [0.2, 0.25) is 0 Å².